The normalized spacial score (nSPS) is 20.2. The fourth-order valence-electron chi connectivity index (χ4n) is 5.28. The molecule has 0 saturated carbocycles. The monoisotopic (exact) mass is 564 g/mol. The van der Waals surface area contributed by atoms with E-state index < -0.39 is 0 Å². The Kier molecular flexibility index (Phi) is 8.56. The fraction of sp³-hybridized carbons (Fsp3) is 0.444. The van der Waals surface area contributed by atoms with Gasteiger partial charge in [0.25, 0.3) is 0 Å². The standard InChI is InChI=1S/C27H31Cl3N4O3/c1-17(35)33-12-10-18(11-13-33)26(36)34-15-22(19-4-9-23(29)24(30)14-19)25(16-34)32(3)27(37)31(2)21-7-5-20(28)6-8-21/h4-9,14,18,22,25H,10-13,15-16H2,1-3H3/t22-,25-/m1/s1. The topological polar surface area (TPSA) is 64.2 Å². The molecule has 0 radical (unpaired) electrons. The molecule has 0 aliphatic carbocycles. The number of hydrogen-bond donors (Lipinski definition) is 0. The lowest BCUT2D eigenvalue weighted by molar-refractivity contribution is -0.139. The zero-order chi connectivity index (χ0) is 26.9. The van der Waals surface area contributed by atoms with Crippen molar-refractivity contribution in [2.45, 2.75) is 31.7 Å². The van der Waals surface area contributed by atoms with Crippen LogP contribution in [0.3, 0.4) is 0 Å². The lowest BCUT2D eigenvalue weighted by Crippen LogP contribution is -2.48. The highest BCUT2D eigenvalue weighted by Gasteiger charge is 2.42. The number of benzene rings is 2. The molecule has 0 N–H and O–H groups in total. The van der Waals surface area contributed by atoms with E-state index in [0.717, 1.165) is 11.3 Å². The van der Waals surface area contributed by atoms with Gasteiger partial charge in [0.15, 0.2) is 0 Å². The van der Waals surface area contributed by atoms with E-state index in [2.05, 4.69) is 0 Å². The summed E-state index contributed by atoms with van der Waals surface area (Å²) >= 11 is 18.5. The number of urea groups is 1. The molecule has 2 saturated heterocycles. The van der Waals surface area contributed by atoms with Crippen LogP contribution in [-0.2, 0) is 9.59 Å². The molecule has 2 heterocycles. The number of rotatable bonds is 4. The lowest BCUT2D eigenvalue weighted by Gasteiger charge is -2.33. The maximum Gasteiger partial charge on any atom is 0.324 e. The summed E-state index contributed by atoms with van der Waals surface area (Å²) in [6, 6.07) is 12.1. The highest BCUT2D eigenvalue weighted by molar-refractivity contribution is 6.42. The Morgan fingerprint density at radius 1 is 0.865 bits per heavy atom. The summed E-state index contributed by atoms with van der Waals surface area (Å²) in [6.07, 6.45) is 1.29. The van der Waals surface area contributed by atoms with Crippen LogP contribution in [-0.4, -0.2) is 78.9 Å². The van der Waals surface area contributed by atoms with Gasteiger partial charge in [0.05, 0.1) is 16.1 Å². The molecule has 2 aromatic rings. The number of carbonyl (C=O) groups excluding carboxylic acids is 3. The van der Waals surface area contributed by atoms with Crippen LogP contribution >= 0.6 is 34.8 Å². The van der Waals surface area contributed by atoms with Crippen LogP contribution in [0.5, 0.6) is 0 Å². The first-order chi connectivity index (χ1) is 17.6. The van der Waals surface area contributed by atoms with Gasteiger partial charge in [-0.05, 0) is 54.8 Å². The molecule has 4 amide bonds. The van der Waals surface area contributed by atoms with Gasteiger partial charge in [-0.3, -0.25) is 14.5 Å². The Morgan fingerprint density at radius 2 is 1.51 bits per heavy atom. The number of carbonyl (C=O) groups is 3. The van der Waals surface area contributed by atoms with E-state index in [9.17, 15) is 14.4 Å². The van der Waals surface area contributed by atoms with Crippen LogP contribution < -0.4 is 4.90 Å². The first-order valence-corrected chi connectivity index (χ1v) is 13.5. The first-order valence-electron chi connectivity index (χ1n) is 12.3. The maximum atomic E-state index is 13.5. The number of piperidine rings is 1. The molecule has 0 bridgehead atoms. The van der Waals surface area contributed by atoms with Gasteiger partial charge in [-0.2, -0.15) is 0 Å². The number of likely N-dealkylation sites (tertiary alicyclic amines) is 2. The Bertz CT molecular complexity index is 1170. The lowest BCUT2D eigenvalue weighted by atomic mass is 9.93. The molecule has 198 valence electrons. The van der Waals surface area contributed by atoms with Gasteiger partial charge < -0.3 is 14.7 Å². The molecule has 0 spiro atoms. The van der Waals surface area contributed by atoms with Crippen molar-refractivity contribution in [3.05, 3.63) is 63.1 Å². The third-order valence-corrected chi connectivity index (χ3v) is 8.55. The van der Waals surface area contributed by atoms with Gasteiger partial charge in [0.1, 0.15) is 0 Å². The summed E-state index contributed by atoms with van der Waals surface area (Å²) in [4.78, 5) is 45.7. The van der Waals surface area contributed by atoms with E-state index in [1.54, 1.807) is 66.1 Å². The number of halogens is 3. The van der Waals surface area contributed by atoms with Gasteiger partial charge in [0.2, 0.25) is 11.8 Å². The van der Waals surface area contributed by atoms with Crippen molar-refractivity contribution in [3.8, 4) is 0 Å². The summed E-state index contributed by atoms with van der Waals surface area (Å²) in [5.41, 5.74) is 1.64. The van der Waals surface area contributed by atoms with Crippen LogP contribution in [0, 0.1) is 5.92 Å². The van der Waals surface area contributed by atoms with Crippen molar-refractivity contribution in [2.75, 3.05) is 45.2 Å². The van der Waals surface area contributed by atoms with Crippen LogP contribution in [0.25, 0.3) is 0 Å². The largest absolute Gasteiger partial charge is 0.343 e. The molecule has 4 rings (SSSR count). The second kappa shape index (κ2) is 11.5. The molecule has 0 aromatic heterocycles. The molecular weight excluding hydrogens is 535 g/mol. The first kappa shape index (κ1) is 27.6. The molecule has 2 aromatic carbocycles. The maximum absolute atomic E-state index is 13.5. The summed E-state index contributed by atoms with van der Waals surface area (Å²) < 4.78 is 0. The molecule has 7 nitrogen and oxygen atoms in total. The molecule has 37 heavy (non-hydrogen) atoms. The van der Waals surface area contributed by atoms with Gasteiger partial charge in [0, 0.05) is 69.7 Å². The fourth-order valence-corrected chi connectivity index (χ4v) is 5.72. The summed E-state index contributed by atoms with van der Waals surface area (Å²) in [6.45, 7) is 3.61. The second-order valence-electron chi connectivity index (χ2n) is 9.80. The van der Waals surface area contributed by atoms with Crippen molar-refractivity contribution in [3.63, 3.8) is 0 Å². The number of anilines is 1. The van der Waals surface area contributed by atoms with Crippen LogP contribution in [0.15, 0.2) is 42.5 Å². The number of amides is 4. The number of likely N-dealkylation sites (N-methyl/N-ethyl adjacent to an activating group) is 1. The smallest absolute Gasteiger partial charge is 0.324 e. The zero-order valence-electron chi connectivity index (χ0n) is 21.2. The second-order valence-corrected chi connectivity index (χ2v) is 11.1. The minimum atomic E-state index is -0.263. The number of nitrogens with zero attached hydrogens (tertiary/aromatic N) is 4. The van der Waals surface area contributed by atoms with Crippen molar-refractivity contribution < 1.29 is 14.4 Å². The van der Waals surface area contributed by atoms with E-state index >= 15 is 0 Å². The minimum absolute atomic E-state index is 0.0387. The Hall–Kier alpha value is -2.48. The van der Waals surface area contributed by atoms with Gasteiger partial charge in [-0.1, -0.05) is 40.9 Å². The average Bonchev–Trinajstić information content (AvgIpc) is 3.34. The highest BCUT2D eigenvalue weighted by atomic mass is 35.5. The van der Waals surface area contributed by atoms with Crippen molar-refractivity contribution in [1.29, 1.82) is 0 Å². The van der Waals surface area contributed by atoms with Gasteiger partial charge in [-0.25, -0.2) is 4.79 Å². The third-order valence-electron chi connectivity index (χ3n) is 7.56. The zero-order valence-corrected chi connectivity index (χ0v) is 23.4. The van der Waals surface area contributed by atoms with Gasteiger partial charge >= 0.3 is 6.03 Å². The van der Waals surface area contributed by atoms with E-state index in [-0.39, 0.29) is 35.7 Å². The average molecular weight is 566 g/mol. The van der Waals surface area contributed by atoms with Crippen molar-refractivity contribution in [2.24, 2.45) is 5.92 Å². The molecular formula is C27H31Cl3N4O3. The summed E-state index contributed by atoms with van der Waals surface area (Å²) in [5, 5.41) is 1.49. The Balaban J connectivity index is 1.56. The molecule has 2 aliphatic heterocycles. The van der Waals surface area contributed by atoms with Crippen molar-refractivity contribution in [1.82, 2.24) is 14.7 Å². The summed E-state index contributed by atoms with van der Waals surface area (Å²) in [7, 11) is 3.49. The van der Waals surface area contributed by atoms with E-state index in [0.29, 0.717) is 54.1 Å². The molecule has 2 fully saturated rings. The SMILES string of the molecule is CC(=O)N1CCC(C(=O)N2C[C@H](c3ccc(Cl)c(Cl)c3)[C@H](N(C)C(=O)N(C)c3ccc(Cl)cc3)C2)CC1. The third kappa shape index (κ3) is 6.00. The van der Waals surface area contributed by atoms with Crippen LogP contribution in [0.2, 0.25) is 15.1 Å². The van der Waals surface area contributed by atoms with Gasteiger partial charge in [-0.15, -0.1) is 0 Å². The Labute approximate surface area is 232 Å². The van der Waals surface area contributed by atoms with Crippen LogP contribution in [0.4, 0.5) is 10.5 Å². The summed E-state index contributed by atoms with van der Waals surface area (Å²) in [5.74, 6) is -0.162. The quantitative estimate of drug-likeness (QED) is 0.500. The Morgan fingerprint density at radius 3 is 2.11 bits per heavy atom. The molecule has 10 heteroatoms. The predicted molar refractivity (Wildman–Crippen MR) is 148 cm³/mol. The molecule has 0 unspecified atom stereocenters. The van der Waals surface area contributed by atoms with E-state index in [1.807, 2.05) is 17.0 Å². The number of hydrogen-bond acceptors (Lipinski definition) is 3. The highest BCUT2D eigenvalue weighted by Crippen LogP contribution is 2.36. The van der Waals surface area contributed by atoms with Crippen LogP contribution in [0.1, 0.15) is 31.2 Å². The predicted octanol–water partition coefficient (Wildman–Crippen LogP) is 5.39. The van der Waals surface area contributed by atoms with Crippen molar-refractivity contribution >= 4 is 58.3 Å². The molecule has 2 atom stereocenters. The minimum Gasteiger partial charge on any atom is -0.343 e. The van der Waals surface area contributed by atoms with E-state index in [4.69, 9.17) is 34.8 Å². The molecule has 2 aliphatic rings. The van der Waals surface area contributed by atoms with E-state index in [1.165, 1.54) is 0 Å².